The molecular formula is C23H25ClN4O2. The maximum atomic E-state index is 12.6. The molecule has 1 aromatic heterocycles. The Hall–Kier alpha value is -2.70. The summed E-state index contributed by atoms with van der Waals surface area (Å²) in [6.45, 7) is 6.07. The van der Waals surface area contributed by atoms with Crippen LogP contribution in [0.15, 0.2) is 52.9 Å². The number of aromatic nitrogens is 2. The molecule has 7 heteroatoms. The van der Waals surface area contributed by atoms with Gasteiger partial charge in [0, 0.05) is 56.2 Å². The Kier molecular flexibility index (Phi) is 6.45. The van der Waals surface area contributed by atoms with Crippen LogP contribution >= 0.6 is 11.6 Å². The van der Waals surface area contributed by atoms with E-state index in [1.807, 2.05) is 54.3 Å². The Balaban J connectivity index is 1.24. The zero-order valence-corrected chi connectivity index (χ0v) is 17.8. The topological polar surface area (TPSA) is 62.5 Å². The zero-order chi connectivity index (χ0) is 20.9. The van der Waals surface area contributed by atoms with Crippen LogP contribution in [0.3, 0.4) is 0 Å². The molecule has 1 aliphatic heterocycles. The lowest BCUT2D eigenvalue weighted by Gasteiger charge is -2.34. The van der Waals surface area contributed by atoms with E-state index in [0.29, 0.717) is 24.6 Å². The molecule has 4 rings (SSSR count). The van der Waals surface area contributed by atoms with Gasteiger partial charge < -0.3 is 9.32 Å². The summed E-state index contributed by atoms with van der Waals surface area (Å²) in [5.41, 5.74) is 3.27. The summed E-state index contributed by atoms with van der Waals surface area (Å²) in [6, 6.07) is 15.9. The Morgan fingerprint density at radius 3 is 2.57 bits per heavy atom. The number of hydrogen-bond acceptors (Lipinski definition) is 5. The minimum atomic E-state index is 0.132. The second kappa shape index (κ2) is 9.41. The highest BCUT2D eigenvalue weighted by Gasteiger charge is 2.21. The molecule has 1 aliphatic rings. The lowest BCUT2D eigenvalue weighted by atomic mass is 10.1. The third kappa shape index (κ3) is 5.26. The van der Waals surface area contributed by atoms with Crippen LogP contribution in [0.2, 0.25) is 5.02 Å². The minimum absolute atomic E-state index is 0.132. The largest absolute Gasteiger partial charge is 0.421 e. The summed E-state index contributed by atoms with van der Waals surface area (Å²) >= 11 is 6.07. The monoisotopic (exact) mass is 424 g/mol. The zero-order valence-electron chi connectivity index (χ0n) is 17.1. The predicted molar refractivity (Wildman–Crippen MR) is 116 cm³/mol. The summed E-state index contributed by atoms with van der Waals surface area (Å²) in [4.78, 5) is 16.9. The van der Waals surface area contributed by atoms with Crippen molar-refractivity contribution >= 4 is 17.5 Å². The summed E-state index contributed by atoms with van der Waals surface area (Å²) < 4.78 is 5.73. The summed E-state index contributed by atoms with van der Waals surface area (Å²) in [5, 5.41) is 8.95. The molecule has 0 atom stereocenters. The predicted octanol–water partition coefficient (Wildman–Crippen LogP) is 3.98. The van der Waals surface area contributed by atoms with Gasteiger partial charge >= 0.3 is 0 Å². The first kappa shape index (κ1) is 20.6. The fraction of sp³-hybridized carbons (Fsp3) is 0.348. The molecule has 30 heavy (non-hydrogen) atoms. The molecule has 0 radical (unpaired) electrons. The lowest BCUT2D eigenvalue weighted by Crippen LogP contribution is -2.48. The maximum absolute atomic E-state index is 12.6. The molecule has 0 N–H and O–H groups in total. The molecule has 0 saturated carbocycles. The third-order valence-corrected chi connectivity index (χ3v) is 5.57. The smallest absolute Gasteiger partial charge is 0.247 e. The van der Waals surface area contributed by atoms with E-state index in [0.717, 1.165) is 43.3 Å². The SMILES string of the molecule is Cc1ccc(-c2nnc(CCC(=O)N3CCN(Cc4cccc(Cl)c4)CC3)o2)cc1. The molecule has 0 unspecified atom stereocenters. The van der Waals surface area contributed by atoms with Gasteiger partial charge in [0.05, 0.1) is 0 Å². The van der Waals surface area contributed by atoms with Gasteiger partial charge in [-0.2, -0.15) is 0 Å². The molecule has 0 spiro atoms. The highest BCUT2D eigenvalue weighted by molar-refractivity contribution is 6.30. The number of benzene rings is 2. The van der Waals surface area contributed by atoms with E-state index in [4.69, 9.17) is 16.0 Å². The van der Waals surface area contributed by atoms with Gasteiger partial charge in [-0.15, -0.1) is 10.2 Å². The first-order valence-corrected chi connectivity index (χ1v) is 10.6. The lowest BCUT2D eigenvalue weighted by molar-refractivity contribution is -0.133. The van der Waals surface area contributed by atoms with Gasteiger partial charge in [-0.1, -0.05) is 41.4 Å². The number of carbonyl (C=O) groups excluding carboxylic acids is 1. The fourth-order valence-corrected chi connectivity index (χ4v) is 3.80. The number of carbonyl (C=O) groups is 1. The minimum Gasteiger partial charge on any atom is -0.421 e. The molecule has 156 valence electrons. The molecule has 1 saturated heterocycles. The van der Waals surface area contributed by atoms with Crippen molar-refractivity contribution in [1.29, 1.82) is 0 Å². The maximum Gasteiger partial charge on any atom is 0.247 e. The van der Waals surface area contributed by atoms with Crippen LogP contribution < -0.4 is 0 Å². The molecule has 1 amide bonds. The van der Waals surface area contributed by atoms with E-state index in [-0.39, 0.29) is 5.91 Å². The highest BCUT2D eigenvalue weighted by atomic mass is 35.5. The van der Waals surface area contributed by atoms with Crippen molar-refractivity contribution in [2.75, 3.05) is 26.2 Å². The van der Waals surface area contributed by atoms with Gasteiger partial charge in [-0.05, 0) is 36.8 Å². The number of amides is 1. The molecule has 6 nitrogen and oxygen atoms in total. The summed E-state index contributed by atoms with van der Waals surface area (Å²) in [6.07, 6.45) is 0.838. The second-order valence-corrected chi connectivity index (χ2v) is 8.09. The molecule has 3 aromatic rings. The number of rotatable bonds is 6. The molecule has 1 fully saturated rings. The highest BCUT2D eigenvalue weighted by Crippen LogP contribution is 2.19. The van der Waals surface area contributed by atoms with E-state index in [1.165, 1.54) is 11.1 Å². The standard InChI is InChI=1S/C23H25ClN4O2/c1-17-5-7-19(8-6-17)23-26-25-21(30-23)9-10-22(29)28-13-11-27(12-14-28)16-18-3-2-4-20(24)15-18/h2-8,15H,9-14,16H2,1H3. The Bertz CT molecular complexity index is 994. The van der Waals surface area contributed by atoms with Gasteiger partial charge in [0.2, 0.25) is 17.7 Å². The van der Waals surface area contributed by atoms with Crippen molar-refractivity contribution in [3.63, 3.8) is 0 Å². The van der Waals surface area contributed by atoms with Crippen LogP contribution in [-0.2, 0) is 17.8 Å². The third-order valence-electron chi connectivity index (χ3n) is 5.34. The van der Waals surface area contributed by atoms with Crippen molar-refractivity contribution in [1.82, 2.24) is 20.0 Å². The van der Waals surface area contributed by atoms with Crippen LogP contribution in [0, 0.1) is 6.92 Å². The van der Waals surface area contributed by atoms with Gasteiger partial charge in [0.1, 0.15) is 0 Å². The van der Waals surface area contributed by atoms with E-state index >= 15 is 0 Å². The van der Waals surface area contributed by atoms with E-state index in [1.54, 1.807) is 0 Å². The van der Waals surface area contributed by atoms with Crippen molar-refractivity contribution in [3.05, 3.63) is 70.6 Å². The summed E-state index contributed by atoms with van der Waals surface area (Å²) in [5.74, 6) is 1.12. The van der Waals surface area contributed by atoms with Crippen molar-refractivity contribution in [2.24, 2.45) is 0 Å². The molecule has 2 heterocycles. The van der Waals surface area contributed by atoms with Crippen LogP contribution in [0.1, 0.15) is 23.4 Å². The summed E-state index contributed by atoms with van der Waals surface area (Å²) in [7, 11) is 0. The Morgan fingerprint density at radius 2 is 1.83 bits per heavy atom. The average molecular weight is 425 g/mol. The Labute approximate surface area is 181 Å². The van der Waals surface area contributed by atoms with E-state index < -0.39 is 0 Å². The molecule has 0 aliphatic carbocycles. The quantitative estimate of drug-likeness (QED) is 0.599. The number of aryl methyl sites for hydroxylation is 2. The van der Waals surface area contributed by atoms with Gasteiger partial charge in [-0.25, -0.2) is 0 Å². The van der Waals surface area contributed by atoms with Gasteiger partial charge in [0.25, 0.3) is 0 Å². The van der Waals surface area contributed by atoms with Crippen LogP contribution in [0.25, 0.3) is 11.5 Å². The molecule has 2 aromatic carbocycles. The number of hydrogen-bond donors (Lipinski definition) is 0. The van der Waals surface area contributed by atoms with Crippen molar-refractivity contribution in [2.45, 2.75) is 26.3 Å². The molecular weight excluding hydrogens is 400 g/mol. The first-order chi connectivity index (χ1) is 14.6. The fourth-order valence-electron chi connectivity index (χ4n) is 3.59. The second-order valence-electron chi connectivity index (χ2n) is 7.65. The van der Waals surface area contributed by atoms with Crippen LogP contribution in [0.4, 0.5) is 0 Å². The Morgan fingerprint density at radius 1 is 1.07 bits per heavy atom. The number of halogens is 1. The van der Waals surface area contributed by atoms with E-state index in [9.17, 15) is 4.79 Å². The van der Waals surface area contributed by atoms with Crippen molar-refractivity contribution in [3.8, 4) is 11.5 Å². The normalized spacial score (nSPS) is 14.8. The number of nitrogens with zero attached hydrogens (tertiary/aromatic N) is 4. The van der Waals surface area contributed by atoms with Gasteiger partial charge in [-0.3, -0.25) is 9.69 Å². The van der Waals surface area contributed by atoms with Gasteiger partial charge in [0.15, 0.2) is 0 Å². The average Bonchev–Trinajstić information content (AvgIpc) is 3.22. The van der Waals surface area contributed by atoms with Crippen LogP contribution in [-0.4, -0.2) is 52.1 Å². The first-order valence-electron chi connectivity index (χ1n) is 10.2. The molecule has 0 bridgehead atoms. The number of piperazine rings is 1. The van der Waals surface area contributed by atoms with Crippen LogP contribution in [0.5, 0.6) is 0 Å². The van der Waals surface area contributed by atoms with Crippen molar-refractivity contribution < 1.29 is 9.21 Å². The van der Waals surface area contributed by atoms with E-state index in [2.05, 4.69) is 21.2 Å².